The van der Waals surface area contributed by atoms with Crippen molar-refractivity contribution in [3.63, 3.8) is 0 Å². The SMILES string of the molecule is CCC(N)(CC)C(=O)NC(C)c1ccccc1OC. The number of nitrogens with one attached hydrogen (secondary N) is 1. The Hall–Kier alpha value is -1.55. The number of methoxy groups -OCH3 is 1. The van der Waals surface area contributed by atoms with E-state index in [4.69, 9.17) is 10.5 Å². The van der Waals surface area contributed by atoms with Crippen LogP contribution in [0.3, 0.4) is 0 Å². The van der Waals surface area contributed by atoms with Crippen molar-refractivity contribution in [2.75, 3.05) is 7.11 Å². The maximum Gasteiger partial charge on any atom is 0.240 e. The molecule has 4 nitrogen and oxygen atoms in total. The second-order valence-electron chi connectivity index (χ2n) is 4.80. The van der Waals surface area contributed by atoms with Crippen molar-refractivity contribution in [3.05, 3.63) is 29.8 Å². The largest absolute Gasteiger partial charge is 0.496 e. The molecule has 1 aromatic carbocycles. The summed E-state index contributed by atoms with van der Waals surface area (Å²) < 4.78 is 5.30. The molecule has 0 saturated heterocycles. The highest BCUT2D eigenvalue weighted by Crippen LogP contribution is 2.25. The van der Waals surface area contributed by atoms with E-state index in [2.05, 4.69) is 5.32 Å². The fraction of sp³-hybridized carbons (Fsp3) is 0.533. The molecule has 0 bridgehead atoms. The predicted octanol–water partition coefficient (Wildman–Crippen LogP) is 2.39. The maximum absolute atomic E-state index is 12.2. The van der Waals surface area contributed by atoms with E-state index in [1.807, 2.05) is 45.0 Å². The summed E-state index contributed by atoms with van der Waals surface area (Å²) in [6.45, 7) is 5.79. The van der Waals surface area contributed by atoms with E-state index in [0.29, 0.717) is 12.8 Å². The molecular formula is C15H24N2O2. The molecule has 1 rings (SSSR count). The Morgan fingerprint density at radius 1 is 1.37 bits per heavy atom. The Morgan fingerprint density at radius 3 is 2.47 bits per heavy atom. The normalized spacial score (nSPS) is 12.9. The first kappa shape index (κ1) is 15.5. The van der Waals surface area contributed by atoms with Gasteiger partial charge in [0.05, 0.1) is 18.7 Å². The number of rotatable bonds is 6. The number of hydrogen-bond acceptors (Lipinski definition) is 3. The molecule has 3 N–H and O–H groups in total. The lowest BCUT2D eigenvalue weighted by molar-refractivity contribution is -0.127. The zero-order chi connectivity index (χ0) is 14.5. The van der Waals surface area contributed by atoms with Gasteiger partial charge in [-0.05, 0) is 25.8 Å². The third-order valence-electron chi connectivity index (χ3n) is 3.67. The van der Waals surface area contributed by atoms with Gasteiger partial charge in [0, 0.05) is 5.56 Å². The quantitative estimate of drug-likeness (QED) is 0.829. The Labute approximate surface area is 115 Å². The van der Waals surface area contributed by atoms with Crippen LogP contribution in [-0.4, -0.2) is 18.6 Å². The zero-order valence-electron chi connectivity index (χ0n) is 12.2. The third-order valence-corrected chi connectivity index (χ3v) is 3.67. The fourth-order valence-electron chi connectivity index (χ4n) is 2.01. The minimum Gasteiger partial charge on any atom is -0.496 e. The predicted molar refractivity (Wildman–Crippen MR) is 77.1 cm³/mol. The first-order valence-electron chi connectivity index (χ1n) is 6.71. The van der Waals surface area contributed by atoms with E-state index >= 15 is 0 Å². The first-order valence-corrected chi connectivity index (χ1v) is 6.71. The molecule has 19 heavy (non-hydrogen) atoms. The van der Waals surface area contributed by atoms with Crippen LogP contribution < -0.4 is 15.8 Å². The number of carbonyl (C=O) groups is 1. The van der Waals surface area contributed by atoms with Crippen molar-refractivity contribution in [2.45, 2.75) is 45.2 Å². The number of ether oxygens (including phenoxy) is 1. The van der Waals surface area contributed by atoms with Gasteiger partial charge in [-0.1, -0.05) is 32.0 Å². The Kier molecular flexibility index (Phi) is 5.36. The average molecular weight is 264 g/mol. The minimum absolute atomic E-state index is 0.115. The van der Waals surface area contributed by atoms with Gasteiger partial charge >= 0.3 is 0 Å². The maximum atomic E-state index is 12.2. The van der Waals surface area contributed by atoms with E-state index in [-0.39, 0.29) is 11.9 Å². The molecule has 0 aliphatic rings. The molecule has 0 aliphatic carbocycles. The lowest BCUT2D eigenvalue weighted by atomic mass is 9.92. The van der Waals surface area contributed by atoms with Gasteiger partial charge in [-0.3, -0.25) is 4.79 Å². The molecular weight excluding hydrogens is 240 g/mol. The minimum atomic E-state index is -0.795. The summed E-state index contributed by atoms with van der Waals surface area (Å²) in [6, 6.07) is 7.52. The number of para-hydroxylation sites is 1. The number of benzene rings is 1. The van der Waals surface area contributed by atoms with Crippen LogP contribution in [0.5, 0.6) is 5.75 Å². The molecule has 0 radical (unpaired) electrons. The van der Waals surface area contributed by atoms with Gasteiger partial charge in [-0.15, -0.1) is 0 Å². The molecule has 1 aromatic rings. The Bertz CT molecular complexity index is 428. The molecule has 0 saturated carbocycles. The highest BCUT2D eigenvalue weighted by atomic mass is 16.5. The molecule has 1 unspecified atom stereocenters. The molecule has 1 atom stereocenters. The van der Waals surface area contributed by atoms with Gasteiger partial charge in [0.2, 0.25) is 5.91 Å². The Balaban J connectivity index is 2.85. The van der Waals surface area contributed by atoms with Gasteiger partial charge in [0.25, 0.3) is 0 Å². The standard InChI is InChI=1S/C15H24N2O2/c1-5-15(16,6-2)14(18)17-11(3)12-9-7-8-10-13(12)19-4/h7-11H,5-6,16H2,1-4H3,(H,17,18). The number of nitrogens with two attached hydrogens (primary N) is 1. The molecule has 0 aliphatic heterocycles. The van der Waals surface area contributed by atoms with Crippen molar-refractivity contribution >= 4 is 5.91 Å². The van der Waals surface area contributed by atoms with Gasteiger partial charge < -0.3 is 15.8 Å². The summed E-state index contributed by atoms with van der Waals surface area (Å²) in [4.78, 5) is 12.2. The van der Waals surface area contributed by atoms with Gasteiger partial charge in [0.15, 0.2) is 0 Å². The molecule has 4 heteroatoms. The Morgan fingerprint density at radius 2 is 1.95 bits per heavy atom. The number of hydrogen-bond donors (Lipinski definition) is 2. The van der Waals surface area contributed by atoms with E-state index < -0.39 is 5.54 Å². The van der Waals surface area contributed by atoms with E-state index in [0.717, 1.165) is 11.3 Å². The summed E-state index contributed by atoms with van der Waals surface area (Å²) in [6.07, 6.45) is 1.24. The fourth-order valence-corrected chi connectivity index (χ4v) is 2.01. The van der Waals surface area contributed by atoms with Crippen molar-refractivity contribution in [3.8, 4) is 5.75 Å². The average Bonchev–Trinajstić information content (AvgIpc) is 2.45. The van der Waals surface area contributed by atoms with Crippen LogP contribution in [0.1, 0.15) is 45.2 Å². The summed E-state index contributed by atoms with van der Waals surface area (Å²) in [5.41, 5.74) is 6.25. The van der Waals surface area contributed by atoms with Crippen molar-refractivity contribution < 1.29 is 9.53 Å². The lowest BCUT2D eigenvalue weighted by Crippen LogP contribution is -2.53. The van der Waals surface area contributed by atoms with Crippen LogP contribution in [0, 0.1) is 0 Å². The topological polar surface area (TPSA) is 64.4 Å². The van der Waals surface area contributed by atoms with Gasteiger partial charge in [-0.2, -0.15) is 0 Å². The van der Waals surface area contributed by atoms with Crippen LogP contribution in [-0.2, 0) is 4.79 Å². The zero-order valence-corrected chi connectivity index (χ0v) is 12.2. The van der Waals surface area contributed by atoms with Crippen LogP contribution in [0.2, 0.25) is 0 Å². The van der Waals surface area contributed by atoms with Crippen LogP contribution in [0.25, 0.3) is 0 Å². The van der Waals surface area contributed by atoms with Crippen molar-refractivity contribution in [2.24, 2.45) is 5.73 Å². The van der Waals surface area contributed by atoms with E-state index in [1.54, 1.807) is 7.11 Å². The second-order valence-corrected chi connectivity index (χ2v) is 4.80. The van der Waals surface area contributed by atoms with Crippen LogP contribution >= 0.6 is 0 Å². The highest BCUT2D eigenvalue weighted by Gasteiger charge is 2.31. The van der Waals surface area contributed by atoms with Gasteiger partial charge in [0.1, 0.15) is 5.75 Å². The van der Waals surface area contributed by atoms with Crippen LogP contribution in [0.15, 0.2) is 24.3 Å². The molecule has 0 fully saturated rings. The number of carbonyl (C=O) groups excluding carboxylic acids is 1. The van der Waals surface area contributed by atoms with Crippen LogP contribution in [0.4, 0.5) is 0 Å². The third kappa shape index (κ3) is 3.47. The summed E-state index contributed by atoms with van der Waals surface area (Å²) in [5, 5.41) is 2.97. The van der Waals surface area contributed by atoms with Crippen molar-refractivity contribution in [1.82, 2.24) is 5.32 Å². The van der Waals surface area contributed by atoms with Gasteiger partial charge in [-0.25, -0.2) is 0 Å². The van der Waals surface area contributed by atoms with Crippen molar-refractivity contribution in [1.29, 1.82) is 0 Å². The summed E-state index contributed by atoms with van der Waals surface area (Å²) in [5.74, 6) is 0.654. The molecule has 0 aromatic heterocycles. The monoisotopic (exact) mass is 264 g/mol. The smallest absolute Gasteiger partial charge is 0.240 e. The molecule has 106 valence electrons. The van der Waals surface area contributed by atoms with E-state index in [1.165, 1.54) is 0 Å². The number of amides is 1. The molecule has 0 heterocycles. The molecule has 1 amide bonds. The second kappa shape index (κ2) is 6.57. The lowest BCUT2D eigenvalue weighted by Gasteiger charge is -2.28. The van der Waals surface area contributed by atoms with E-state index in [9.17, 15) is 4.79 Å². The first-order chi connectivity index (χ1) is 8.98. The molecule has 0 spiro atoms. The summed E-state index contributed by atoms with van der Waals surface area (Å²) in [7, 11) is 1.62. The summed E-state index contributed by atoms with van der Waals surface area (Å²) >= 11 is 0. The highest BCUT2D eigenvalue weighted by molar-refractivity contribution is 5.86.